The number of aromatic nitrogens is 3. The minimum absolute atomic E-state index is 0.0435. The van der Waals surface area contributed by atoms with Gasteiger partial charge >= 0.3 is 0 Å². The Bertz CT molecular complexity index is 1700. The lowest BCUT2D eigenvalue weighted by atomic mass is 9.94. The number of hydrogen-bond donors (Lipinski definition) is 0. The summed E-state index contributed by atoms with van der Waals surface area (Å²) < 4.78 is 29.4. The minimum Gasteiger partial charge on any atom is -0.309 e. The molecule has 0 aliphatic carbocycles. The number of carbonyl (C=O) groups is 1. The van der Waals surface area contributed by atoms with E-state index in [0.29, 0.717) is 27.6 Å². The van der Waals surface area contributed by atoms with Crippen molar-refractivity contribution in [1.29, 1.82) is 0 Å². The molecule has 3 aromatic carbocycles. The first-order valence-electron chi connectivity index (χ1n) is 11.3. The lowest BCUT2D eigenvalue weighted by molar-refractivity contribution is 0.0993. The van der Waals surface area contributed by atoms with Crippen LogP contribution in [0, 0.1) is 18.6 Å². The molecule has 0 aliphatic rings. The molecule has 0 atom stereocenters. The van der Waals surface area contributed by atoms with Crippen LogP contribution >= 0.6 is 0 Å². The molecule has 0 spiro atoms. The van der Waals surface area contributed by atoms with Gasteiger partial charge in [-0.1, -0.05) is 42.5 Å². The van der Waals surface area contributed by atoms with E-state index in [1.807, 2.05) is 43.3 Å². The fourth-order valence-electron chi connectivity index (χ4n) is 4.38. The summed E-state index contributed by atoms with van der Waals surface area (Å²) in [6.07, 6.45) is 1.74. The zero-order valence-corrected chi connectivity index (χ0v) is 19.6. The normalized spacial score (nSPS) is 11.1. The van der Waals surface area contributed by atoms with E-state index in [9.17, 15) is 18.4 Å². The van der Waals surface area contributed by atoms with Gasteiger partial charge in [0, 0.05) is 41.6 Å². The fourth-order valence-corrected chi connectivity index (χ4v) is 4.38. The number of halogens is 2. The molecule has 0 N–H and O–H groups in total. The number of benzene rings is 3. The molecule has 5 nitrogen and oxygen atoms in total. The average molecular weight is 482 g/mol. The number of aryl methyl sites for hydroxylation is 2. The van der Waals surface area contributed by atoms with Crippen molar-refractivity contribution in [3.63, 3.8) is 0 Å². The van der Waals surface area contributed by atoms with Gasteiger partial charge in [-0.25, -0.2) is 8.78 Å². The van der Waals surface area contributed by atoms with Crippen LogP contribution in [0.4, 0.5) is 8.78 Å². The Morgan fingerprint density at radius 1 is 0.917 bits per heavy atom. The van der Waals surface area contributed by atoms with Gasteiger partial charge in [0.05, 0.1) is 11.7 Å². The van der Waals surface area contributed by atoms with Gasteiger partial charge in [-0.2, -0.15) is 5.10 Å². The lowest BCUT2D eigenvalue weighted by Crippen LogP contribution is -2.20. The van der Waals surface area contributed by atoms with Gasteiger partial charge in [0.25, 0.3) is 5.56 Å². The summed E-state index contributed by atoms with van der Waals surface area (Å²) in [5.41, 5.74) is 3.47. The van der Waals surface area contributed by atoms with Gasteiger partial charge in [-0.05, 0) is 47.9 Å². The predicted octanol–water partition coefficient (Wildman–Crippen LogP) is 5.67. The lowest BCUT2D eigenvalue weighted by Gasteiger charge is -2.14. The molecular weight excluding hydrogens is 460 g/mol. The molecule has 0 aliphatic heterocycles. The Morgan fingerprint density at radius 2 is 1.69 bits per heavy atom. The maximum absolute atomic E-state index is 14.5. The molecule has 2 aromatic heterocycles. The molecule has 36 heavy (non-hydrogen) atoms. The standard InChI is InChI=1S/C29H21F2N3O2/c1-17-8-9-19(26(35)12-18-6-4-3-5-7-18)13-23(17)24-14-20-16-32-33-27(28(20)34(2)29(24)36)22-11-10-21(30)15-25(22)31/h3-11,13-16H,12H2,1-2H3. The molecule has 0 fully saturated rings. The van der Waals surface area contributed by atoms with Gasteiger partial charge in [-0.15, -0.1) is 5.10 Å². The van der Waals surface area contributed by atoms with Crippen LogP contribution in [0.1, 0.15) is 21.5 Å². The summed E-state index contributed by atoms with van der Waals surface area (Å²) in [5, 5.41) is 8.60. The molecular formula is C29H21F2N3O2. The quantitative estimate of drug-likeness (QED) is 0.303. The third kappa shape index (κ3) is 4.20. The molecule has 7 heteroatoms. The average Bonchev–Trinajstić information content (AvgIpc) is 2.87. The number of Topliss-reactive ketones (excluding diaryl/α,β-unsaturated/α-hetero) is 1. The Hall–Kier alpha value is -4.52. The number of hydrogen-bond acceptors (Lipinski definition) is 4. The molecule has 0 radical (unpaired) electrons. The van der Waals surface area contributed by atoms with Gasteiger partial charge in [0.15, 0.2) is 5.78 Å². The first kappa shape index (κ1) is 23.2. The number of rotatable bonds is 5. The Balaban J connectivity index is 1.63. The maximum atomic E-state index is 14.5. The van der Waals surface area contributed by atoms with Crippen LogP contribution in [0.15, 0.2) is 83.8 Å². The Morgan fingerprint density at radius 3 is 2.44 bits per heavy atom. The van der Waals surface area contributed by atoms with E-state index in [1.54, 1.807) is 25.2 Å². The van der Waals surface area contributed by atoms with E-state index in [-0.39, 0.29) is 29.0 Å². The van der Waals surface area contributed by atoms with Gasteiger partial charge in [0.2, 0.25) is 0 Å². The minimum atomic E-state index is -0.797. The largest absolute Gasteiger partial charge is 0.309 e. The zero-order valence-electron chi connectivity index (χ0n) is 19.6. The number of fused-ring (bicyclic) bond motifs is 1. The second-order valence-corrected chi connectivity index (χ2v) is 8.66. The molecule has 5 aromatic rings. The third-order valence-electron chi connectivity index (χ3n) is 6.27. The van der Waals surface area contributed by atoms with Gasteiger partial charge in [-0.3, -0.25) is 9.59 Å². The number of ketones is 1. The highest BCUT2D eigenvalue weighted by Crippen LogP contribution is 2.30. The van der Waals surface area contributed by atoms with Crippen molar-refractivity contribution < 1.29 is 13.6 Å². The van der Waals surface area contributed by atoms with Crippen LogP contribution in [0.5, 0.6) is 0 Å². The third-order valence-corrected chi connectivity index (χ3v) is 6.27. The first-order valence-corrected chi connectivity index (χ1v) is 11.3. The van der Waals surface area contributed by atoms with Crippen LogP contribution in [-0.2, 0) is 13.5 Å². The summed E-state index contributed by atoms with van der Waals surface area (Å²) >= 11 is 0. The van der Waals surface area contributed by atoms with E-state index in [4.69, 9.17) is 0 Å². The number of pyridine rings is 1. The van der Waals surface area contributed by atoms with Crippen molar-refractivity contribution >= 4 is 16.7 Å². The maximum Gasteiger partial charge on any atom is 0.258 e. The van der Waals surface area contributed by atoms with Gasteiger partial charge in [0.1, 0.15) is 17.3 Å². The van der Waals surface area contributed by atoms with E-state index in [2.05, 4.69) is 10.2 Å². The van der Waals surface area contributed by atoms with Crippen LogP contribution in [0.3, 0.4) is 0 Å². The SMILES string of the molecule is Cc1ccc(C(=O)Cc2ccccc2)cc1-c1cc2cnnc(-c3ccc(F)cc3F)c2n(C)c1=O. The van der Waals surface area contributed by atoms with Gasteiger partial charge < -0.3 is 4.57 Å². The molecule has 0 saturated carbocycles. The number of carbonyl (C=O) groups excluding carboxylic acids is 1. The predicted molar refractivity (Wildman–Crippen MR) is 135 cm³/mol. The summed E-state index contributed by atoms with van der Waals surface area (Å²) in [5.74, 6) is -1.56. The molecule has 0 unspecified atom stereocenters. The highest BCUT2D eigenvalue weighted by Gasteiger charge is 2.19. The van der Waals surface area contributed by atoms with Crippen molar-refractivity contribution in [2.45, 2.75) is 13.3 Å². The molecule has 178 valence electrons. The Kier molecular flexibility index (Phi) is 5.98. The Labute approximate surface area is 205 Å². The smallest absolute Gasteiger partial charge is 0.258 e. The van der Waals surface area contributed by atoms with Crippen molar-refractivity contribution in [2.24, 2.45) is 7.05 Å². The van der Waals surface area contributed by atoms with Crippen LogP contribution in [0.2, 0.25) is 0 Å². The second kappa shape index (κ2) is 9.26. The molecule has 5 rings (SSSR count). The highest BCUT2D eigenvalue weighted by atomic mass is 19.1. The van der Waals surface area contributed by atoms with E-state index in [1.165, 1.54) is 16.8 Å². The van der Waals surface area contributed by atoms with Crippen LogP contribution < -0.4 is 5.56 Å². The van der Waals surface area contributed by atoms with E-state index in [0.717, 1.165) is 23.3 Å². The second-order valence-electron chi connectivity index (χ2n) is 8.66. The van der Waals surface area contributed by atoms with E-state index >= 15 is 0 Å². The molecule has 0 saturated heterocycles. The van der Waals surface area contributed by atoms with Crippen molar-refractivity contribution in [3.05, 3.63) is 118 Å². The molecule has 0 bridgehead atoms. The van der Waals surface area contributed by atoms with Crippen molar-refractivity contribution in [1.82, 2.24) is 14.8 Å². The van der Waals surface area contributed by atoms with Crippen molar-refractivity contribution in [2.75, 3.05) is 0 Å². The number of nitrogens with zero attached hydrogens (tertiary/aromatic N) is 3. The fraction of sp³-hybridized carbons (Fsp3) is 0.103. The molecule has 0 amide bonds. The summed E-state index contributed by atoms with van der Waals surface area (Å²) in [6, 6.07) is 19.6. The highest BCUT2D eigenvalue weighted by molar-refractivity contribution is 5.99. The summed E-state index contributed by atoms with van der Waals surface area (Å²) in [6.45, 7) is 1.87. The van der Waals surface area contributed by atoms with Crippen LogP contribution in [0.25, 0.3) is 33.3 Å². The van der Waals surface area contributed by atoms with E-state index < -0.39 is 11.6 Å². The first-order chi connectivity index (χ1) is 17.3. The topological polar surface area (TPSA) is 64.8 Å². The molecule has 2 heterocycles. The van der Waals surface area contributed by atoms with Crippen molar-refractivity contribution in [3.8, 4) is 22.4 Å². The summed E-state index contributed by atoms with van der Waals surface area (Å²) in [4.78, 5) is 26.5. The zero-order chi connectivity index (χ0) is 25.4. The monoisotopic (exact) mass is 481 g/mol. The summed E-state index contributed by atoms with van der Waals surface area (Å²) in [7, 11) is 1.57. The van der Waals surface area contributed by atoms with Crippen LogP contribution in [-0.4, -0.2) is 20.5 Å².